The van der Waals surface area contributed by atoms with Gasteiger partial charge in [0.05, 0.1) is 20.3 Å². The van der Waals surface area contributed by atoms with E-state index in [0.717, 1.165) is 31.5 Å². The molecule has 2 saturated heterocycles. The lowest BCUT2D eigenvalue weighted by molar-refractivity contribution is -0.154. The Labute approximate surface area is 140 Å². The summed E-state index contributed by atoms with van der Waals surface area (Å²) in [7, 11) is 3.10. The Hall–Kier alpha value is -2.28. The van der Waals surface area contributed by atoms with Crippen molar-refractivity contribution < 1.29 is 23.8 Å². The van der Waals surface area contributed by atoms with Crippen molar-refractivity contribution >= 4 is 11.8 Å². The zero-order chi connectivity index (χ0) is 17.1. The maximum atomic E-state index is 12.8. The predicted molar refractivity (Wildman–Crippen MR) is 86.0 cm³/mol. The largest absolute Gasteiger partial charge is 0.493 e. The zero-order valence-electron chi connectivity index (χ0n) is 13.9. The Balaban J connectivity index is 1.89. The summed E-state index contributed by atoms with van der Waals surface area (Å²) < 4.78 is 16.1. The molecule has 2 amide bonds. The summed E-state index contributed by atoms with van der Waals surface area (Å²) in [6, 6.07) is 4.79. The molecule has 0 spiro atoms. The number of ether oxygens (including phenoxy) is 3. The fraction of sp³-hybridized carbons (Fsp3) is 0.529. The molecule has 0 bridgehead atoms. The zero-order valence-corrected chi connectivity index (χ0v) is 13.9. The van der Waals surface area contributed by atoms with Crippen LogP contribution >= 0.6 is 0 Å². The fourth-order valence-electron chi connectivity index (χ4n) is 3.19. The van der Waals surface area contributed by atoms with Crippen molar-refractivity contribution in [3.05, 3.63) is 23.8 Å². The van der Waals surface area contributed by atoms with E-state index in [1.807, 2.05) is 6.07 Å². The van der Waals surface area contributed by atoms with Gasteiger partial charge in [-0.2, -0.15) is 0 Å². The predicted octanol–water partition coefficient (Wildman–Crippen LogP) is 0.882. The first-order chi connectivity index (χ1) is 11.6. The van der Waals surface area contributed by atoms with Gasteiger partial charge < -0.3 is 24.4 Å². The highest BCUT2D eigenvalue weighted by Crippen LogP contribution is 2.33. The number of hydrogen-bond donors (Lipinski definition) is 1. The van der Waals surface area contributed by atoms with Crippen molar-refractivity contribution in [2.45, 2.75) is 25.0 Å². The molecule has 0 aliphatic carbocycles. The Morgan fingerprint density at radius 3 is 2.58 bits per heavy atom. The molecule has 24 heavy (non-hydrogen) atoms. The van der Waals surface area contributed by atoms with Crippen molar-refractivity contribution in [1.29, 1.82) is 0 Å². The molecule has 2 atom stereocenters. The summed E-state index contributed by atoms with van der Waals surface area (Å²) in [5, 5.41) is 2.87. The van der Waals surface area contributed by atoms with E-state index in [-0.39, 0.29) is 18.4 Å². The summed E-state index contributed by atoms with van der Waals surface area (Å²) in [5.74, 6) is 0.821. The van der Waals surface area contributed by atoms with Gasteiger partial charge >= 0.3 is 0 Å². The average Bonchev–Trinajstić information content (AvgIpc) is 3.15. The van der Waals surface area contributed by atoms with E-state index < -0.39 is 12.1 Å². The maximum absolute atomic E-state index is 12.8. The van der Waals surface area contributed by atoms with Gasteiger partial charge in [-0.1, -0.05) is 6.07 Å². The molecular weight excluding hydrogens is 312 g/mol. The van der Waals surface area contributed by atoms with Crippen molar-refractivity contribution in [2.24, 2.45) is 0 Å². The molecular formula is C17H22N2O5. The summed E-state index contributed by atoms with van der Waals surface area (Å²) in [6.07, 6.45) is 1.29. The van der Waals surface area contributed by atoms with Gasteiger partial charge in [-0.15, -0.1) is 0 Å². The molecule has 130 valence electrons. The lowest BCUT2D eigenvalue weighted by Crippen LogP contribution is -2.52. The normalized spacial score (nSPS) is 23.8. The molecule has 0 radical (unpaired) electrons. The lowest BCUT2D eigenvalue weighted by Gasteiger charge is -2.34. The van der Waals surface area contributed by atoms with Crippen LogP contribution < -0.4 is 14.8 Å². The Kier molecular flexibility index (Phi) is 4.89. The number of benzene rings is 1. The summed E-state index contributed by atoms with van der Waals surface area (Å²) in [5.41, 5.74) is 0.748. The number of amides is 2. The Morgan fingerprint density at radius 2 is 1.92 bits per heavy atom. The van der Waals surface area contributed by atoms with Crippen molar-refractivity contribution in [3.63, 3.8) is 0 Å². The topological polar surface area (TPSA) is 77.1 Å². The standard InChI is InChI=1S/C17H22N2O5/c1-22-12-6-5-11(9-13(12)23-2)15-16(24-10-14(20)18-15)17(21)19-7-3-4-8-19/h5-6,9,15-16H,3-4,7-8,10H2,1-2H3,(H,18,20)/t15-,16+/m1/s1. The Morgan fingerprint density at radius 1 is 1.21 bits per heavy atom. The third kappa shape index (κ3) is 3.17. The van der Waals surface area contributed by atoms with Crippen LogP contribution in [-0.4, -0.2) is 56.7 Å². The van der Waals surface area contributed by atoms with Gasteiger partial charge in [-0.3, -0.25) is 9.59 Å². The van der Waals surface area contributed by atoms with Gasteiger partial charge in [0.15, 0.2) is 17.6 Å². The van der Waals surface area contributed by atoms with Crippen LogP contribution in [0.5, 0.6) is 11.5 Å². The molecule has 3 rings (SSSR count). The summed E-state index contributed by atoms with van der Waals surface area (Å²) in [4.78, 5) is 26.4. The molecule has 1 aromatic carbocycles. The van der Waals surface area contributed by atoms with E-state index in [1.165, 1.54) is 0 Å². The number of carbonyl (C=O) groups is 2. The van der Waals surface area contributed by atoms with Crippen LogP contribution in [0.1, 0.15) is 24.4 Å². The van der Waals surface area contributed by atoms with E-state index in [9.17, 15) is 9.59 Å². The average molecular weight is 334 g/mol. The van der Waals surface area contributed by atoms with Crippen LogP contribution in [0.3, 0.4) is 0 Å². The number of hydrogen-bond acceptors (Lipinski definition) is 5. The van der Waals surface area contributed by atoms with Crippen LogP contribution in [0.25, 0.3) is 0 Å². The SMILES string of the molecule is COc1ccc([C@H]2NC(=O)CO[C@@H]2C(=O)N2CCCC2)cc1OC. The van der Waals surface area contributed by atoms with E-state index in [4.69, 9.17) is 14.2 Å². The molecule has 2 aliphatic rings. The first kappa shape index (κ1) is 16.6. The molecule has 7 nitrogen and oxygen atoms in total. The smallest absolute Gasteiger partial charge is 0.254 e. The minimum Gasteiger partial charge on any atom is -0.493 e. The van der Waals surface area contributed by atoms with Gasteiger partial charge in [0.2, 0.25) is 5.91 Å². The highest BCUT2D eigenvalue weighted by molar-refractivity contribution is 5.86. The van der Waals surface area contributed by atoms with Crippen LogP contribution in [0.4, 0.5) is 0 Å². The maximum Gasteiger partial charge on any atom is 0.254 e. The quantitative estimate of drug-likeness (QED) is 0.885. The number of likely N-dealkylation sites (tertiary alicyclic amines) is 1. The number of nitrogens with zero attached hydrogens (tertiary/aromatic N) is 1. The number of rotatable bonds is 4. The molecule has 0 aromatic heterocycles. The molecule has 2 heterocycles. The second-order valence-corrected chi connectivity index (χ2v) is 5.92. The fourth-order valence-corrected chi connectivity index (χ4v) is 3.19. The molecule has 1 N–H and O–H groups in total. The van der Waals surface area contributed by atoms with Crippen LogP contribution in [0.15, 0.2) is 18.2 Å². The van der Waals surface area contributed by atoms with E-state index in [1.54, 1.807) is 31.3 Å². The first-order valence-corrected chi connectivity index (χ1v) is 8.05. The minimum atomic E-state index is -0.723. The lowest BCUT2D eigenvalue weighted by atomic mass is 9.98. The van der Waals surface area contributed by atoms with E-state index >= 15 is 0 Å². The third-order valence-corrected chi connectivity index (χ3v) is 4.44. The van der Waals surface area contributed by atoms with Gasteiger partial charge in [0.1, 0.15) is 6.61 Å². The molecule has 2 fully saturated rings. The monoisotopic (exact) mass is 334 g/mol. The van der Waals surface area contributed by atoms with Crippen molar-refractivity contribution in [1.82, 2.24) is 10.2 Å². The summed E-state index contributed by atoms with van der Waals surface area (Å²) >= 11 is 0. The molecule has 7 heteroatoms. The number of carbonyl (C=O) groups excluding carboxylic acids is 2. The number of morpholine rings is 1. The van der Waals surface area contributed by atoms with Gasteiger partial charge in [0.25, 0.3) is 5.91 Å². The first-order valence-electron chi connectivity index (χ1n) is 8.05. The van der Waals surface area contributed by atoms with Crippen molar-refractivity contribution in [3.8, 4) is 11.5 Å². The Bertz CT molecular complexity index is 627. The third-order valence-electron chi connectivity index (χ3n) is 4.44. The van der Waals surface area contributed by atoms with E-state index in [2.05, 4.69) is 5.32 Å². The van der Waals surface area contributed by atoms with Gasteiger partial charge in [0, 0.05) is 13.1 Å². The molecule has 0 unspecified atom stereocenters. The van der Waals surface area contributed by atoms with Gasteiger partial charge in [-0.25, -0.2) is 0 Å². The van der Waals surface area contributed by atoms with E-state index in [0.29, 0.717) is 11.5 Å². The highest BCUT2D eigenvalue weighted by Gasteiger charge is 2.39. The van der Waals surface area contributed by atoms with Crippen LogP contribution in [-0.2, 0) is 14.3 Å². The second kappa shape index (κ2) is 7.09. The van der Waals surface area contributed by atoms with Gasteiger partial charge in [-0.05, 0) is 30.5 Å². The van der Waals surface area contributed by atoms with Crippen LogP contribution in [0.2, 0.25) is 0 Å². The molecule has 2 aliphatic heterocycles. The molecule has 0 saturated carbocycles. The summed E-state index contributed by atoms with van der Waals surface area (Å²) in [6.45, 7) is 1.38. The molecule has 1 aromatic rings. The second-order valence-electron chi connectivity index (χ2n) is 5.92. The van der Waals surface area contributed by atoms with Crippen LogP contribution in [0, 0.1) is 0 Å². The van der Waals surface area contributed by atoms with Crippen molar-refractivity contribution in [2.75, 3.05) is 33.9 Å². The minimum absolute atomic E-state index is 0.0766. The highest BCUT2D eigenvalue weighted by atomic mass is 16.5. The number of nitrogens with one attached hydrogen (secondary N) is 1. The number of methoxy groups -OCH3 is 2.